The largest absolute Gasteiger partial charge is 0.496 e. The van der Waals surface area contributed by atoms with Crippen molar-refractivity contribution in [2.24, 2.45) is 5.92 Å². The van der Waals surface area contributed by atoms with Gasteiger partial charge in [-0.3, -0.25) is 4.79 Å². The molecular weight excluding hydrogens is 300 g/mol. The molecule has 4 nitrogen and oxygen atoms in total. The minimum absolute atomic E-state index is 0.120. The monoisotopic (exact) mass is 324 g/mol. The Balaban J connectivity index is 1.87. The lowest BCUT2D eigenvalue weighted by atomic mass is 9.96. The number of ether oxygens (including phenoxy) is 1. The van der Waals surface area contributed by atoms with Gasteiger partial charge in [0.05, 0.1) is 12.7 Å². The number of methoxy groups -OCH3 is 1. The Hall–Kier alpha value is -1.26. The summed E-state index contributed by atoms with van der Waals surface area (Å²) in [6.45, 7) is 7.39. The maximum absolute atomic E-state index is 12.3. The predicted octanol–water partition coefficient (Wildman–Crippen LogP) is 3.20. The summed E-state index contributed by atoms with van der Waals surface area (Å²) >= 11 is 5.97. The van der Waals surface area contributed by atoms with Crippen LogP contribution >= 0.6 is 11.6 Å². The number of amides is 1. The second-order valence-corrected chi connectivity index (χ2v) is 6.56. The lowest BCUT2D eigenvalue weighted by Crippen LogP contribution is -2.41. The number of likely N-dealkylation sites (tertiary alicyclic amines) is 1. The number of nitrogens with one attached hydrogen (secondary N) is 1. The first-order valence-corrected chi connectivity index (χ1v) is 8.25. The fourth-order valence-corrected chi connectivity index (χ4v) is 3.04. The highest BCUT2D eigenvalue weighted by molar-refractivity contribution is 6.31. The van der Waals surface area contributed by atoms with Crippen molar-refractivity contribution in [3.05, 3.63) is 28.8 Å². The van der Waals surface area contributed by atoms with Gasteiger partial charge in [-0.15, -0.1) is 0 Å². The van der Waals surface area contributed by atoms with Crippen molar-refractivity contribution in [3.63, 3.8) is 0 Å². The minimum atomic E-state index is -0.120. The third-order valence-corrected chi connectivity index (χ3v) is 4.57. The van der Waals surface area contributed by atoms with Crippen molar-refractivity contribution in [3.8, 4) is 5.75 Å². The van der Waals surface area contributed by atoms with Gasteiger partial charge in [0.2, 0.25) is 0 Å². The Kier molecular flexibility index (Phi) is 6.09. The van der Waals surface area contributed by atoms with Gasteiger partial charge in [-0.1, -0.05) is 11.6 Å². The van der Waals surface area contributed by atoms with Gasteiger partial charge >= 0.3 is 0 Å². The maximum atomic E-state index is 12.3. The zero-order chi connectivity index (χ0) is 16.1. The summed E-state index contributed by atoms with van der Waals surface area (Å²) in [4.78, 5) is 14.8. The van der Waals surface area contributed by atoms with E-state index in [-0.39, 0.29) is 5.91 Å². The van der Waals surface area contributed by atoms with Gasteiger partial charge in [0.1, 0.15) is 5.75 Å². The van der Waals surface area contributed by atoms with Gasteiger partial charge in [-0.2, -0.15) is 0 Å². The van der Waals surface area contributed by atoms with Gasteiger partial charge in [0.15, 0.2) is 0 Å². The molecule has 0 bridgehead atoms. The van der Waals surface area contributed by atoms with Gasteiger partial charge in [-0.25, -0.2) is 0 Å². The molecular formula is C17H25ClN2O2. The molecule has 1 N–H and O–H groups in total. The number of piperidine rings is 1. The highest BCUT2D eigenvalue weighted by Crippen LogP contribution is 2.23. The predicted molar refractivity (Wildman–Crippen MR) is 89.8 cm³/mol. The van der Waals surface area contributed by atoms with E-state index in [2.05, 4.69) is 24.1 Å². The van der Waals surface area contributed by atoms with Crippen LogP contribution in [-0.2, 0) is 0 Å². The molecule has 0 saturated carbocycles. The molecule has 1 aromatic carbocycles. The number of nitrogens with zero attached hydrogens (tertiary/aromatic N) is 1. The quantitative estimate of drug-likeness (QED) is 0.904. The van der Waals surface area contributed by atoms with E-state index in [1.54, 1.807) is 25.3 Å². The first-order chi connectivity index (χ1) is 10.5. The molecule has 1 fully saturated rings. The summed E-state index contributed by atoms with van der Waals surface area (Å²) in [7, 11) is 1.56. The van der Waals surface area contributed by atoms with E-state index in [1.807, 2.05) is 0 Å². The van der Waals surface area contributed by atoms with Gasteiger partial charge in [0, 0.05) is 17.6 Å². The maximum Gasteiger partial charge on any atom is 0.255 e. The highest BCUT2D eigenvalue weighted by Gasteiger charge is 2.22. The van der Waals surface area contributed by atoms with E-state index in [4.69, 9.17) is 16.3 Å². The van der Waals surface area contributed by atoms with Gasteiger partial charge in [0.25, 0.3) is 5.91 Å². The van der Waals surface area contributed by atoms with Crippen LogP contribution in [0.2, 0.25) is 5.02 Å². The van der Waals surface area contributed by atoms with Crippen LogP contribution in [0, 0.1) is 5.92 Å². The summed E-state index contributed by atoms with van der Waals surface area (Å²) in [5.74, 6) is 0.978. The zero-order valence-corrected chi connectivity index (χ0v) is 14.3. The molecule has 5 heteroatoms. The van der Waals surface area contributed by atoms with E-state index in [0.29, 0.717) is 34.8 Å². The lowest BCUT2D eigenvalue weighted by molar-refractivity contribution is 0.0926. The summed E-state index contributed by atoms with van der Waals surface area (Å²) < 4.78 is 5.23. The Labute approximate surface area is 137 Å². The summed E-state index contributed by atoms with van der Waals surface area (Å²) in [5, 5.41) is 3.56. The Morgan fingerprint density at radius 1 is 1.41 bits per heavy atom. The molecule has 1 aliphatic rings. The molecule has 0 radical (unpaired) electrons. The van der Waals surface area contributed by atoms with Crippen LogP contribution in [0.4, 0.5) is 0 Å². The summed E-state index contributed by atoms with van der Waals surface area (Å²) in [6, 6.07) is 5.69. The molecule has 1 saturated heterocycles. The summed E-state index contributed by atoms with van der Waals surface area (Å²) in [6.07, 6.45) is 2.26. The lowest BCUT2D eigenvalue weighted by Gasteiger charge is -2.34. The molecule has 0 aliphatic carbocycles. The Bertz CT molecular complexity index is 511. The molecule has 2 rings (SSSR count). The molecule has 1 heterocycles. The average molecular weight is 325 g/mol. The average Bonchev–Trinajstić information content (AvgIpc) is 2.53. The van der Waals surface area contributed by atoms with Crippen LogP contribution in [0.25, 0.3) is 0 Å². The number of hydrogen-bond acceptors (Lipinski definition) is 3. The van der Waals surface area contributed by atoms with Crippen LogP contribution < -0.4 is 10.1 Å². The number of benzene rings is 1. The second kappa shape index (κ2) is 7.84. The number of carbonyl (C=O) groups excluding carboxylic acids is 1. The first kappa shape index (κ1) is 17.1. The fourth-order valence-electron chi connectivity index (χ4n) is 2.86. The molecule has 22 heavy (non-hydrogen) atoms. The van der Waals surface area contributed by atoms with Crippen molar-refractivity contribution >= 4 is 17.5 Å². The van der Waals surface area contributed by atoms with Crippen LogP contribution in [0.5, 0.6) is 5.75 Å². The summed E-state index contributed by atoms with van der Waals surface area (Å²) in [5.41, 5.74) is 0.495. The van der Waals surface area contributed by atoms with E-state index in [0.717, 1.165) is 25.9 Å². The van der Waals surface area contributed by atoms with E-state index >= 15 is 0 Å². The number of halogens is 1. The topological polar surface area (TPSA) is 41.6 Å². The Morgan fingerprint density at radius 2 is 2.09 bits per heavy atom. The van der Waals surface area contributed by atoms with Crippen molar-refractivity contribution in [1.29, 1.82) is 0 Å². The van der Waals surface area contributed by atoms with Crippen LogP contribution in [0.3, 0.4) is 0 Å². The standard InChI is InChI=1S/C17H25ClN2O2/c1-12(2)20-8-6-13(7-9-20)11-19-17(21)15-10-14(18)4-5-16(15)22-3/h4-5,10,12-13H,6-9,11H2,1-3H3,(H,19,21). The van der Waals surface area contributed by atoms with Gasteiger partial charge in [-0.05, 0) is 63.9 Å². The third kappa shape index (κ3) is 4.37. The first-order valence-electron chi connectivity index (χ1n) is 7.87. The highest BCUT2D eigenvalue weighted by atomic mass is 35.5. The normalized spacial score (nSPS) is 16.8. The molecule has 0 spiro atoms. The van der Waals surface area contributed by atoms with Crippen LogP contribution in [0.1, 0.15) is 37.0 Å². The zero-order valence-electron chi connectivity index (χ0n) is 13.6. The number of rotatable bonds is 5. The SMILES string of the molecule is COc1ccc(Cl)cc1C(=O)NCC1CCN(C(C)C)CC1. The van der Waals surface area contributed by atoms with Crippen LogP contribution in [-0.4, -0.2) is 43.6 Å². The van der Waals surface area contributed by atoms with Crippen molar-refractivity contribution in [1.82, 2.24) is 10.2 Å². The van der Waals surface area contributed by atoms with Crippen molar-refractivity contribution in [2.45, 2.75) is 32.7 Å². The van der Waals surface area contributed by atoms with E-state index in [1.165, 1.54) is 0 Å². The Morgan fingerprint density at radius 3 is 2.68 bits per heavy atom. The minimum Gasteiger partial charge on any atom is -0.496 e. The number of carbonyl (C=O) groups is 1. The van der Waals surface area contributed by atoms with Crippen LogP contribution in [0.15, 0.2) is 18.2 Å². The van der Waals surface area contributed by atoms with Crippen molar-refractivity contribution in [2.75, 3.05) is 26.7 Å². The van der Waals surface area contributed by atoms with Crippen molar-refractivity contribution < 1.29 is 9.53 Å². The molecule has 1 amide bonds. The molecule has 0 unspecified atom stereocenters. The fraction of sp³-hybridized carbons (Fsp3) is 0.588. The molecule has 1 aliphatic heterocycles. The van der Waals surface area contributed by atoms with E-state index < -0.39 is 0 Å². The second-order valence-electron chi connectivity index (χ2n) is 6.13. The molecule has 122 valence electrons. The van der Waals surface area contributed by atoms with E-state index in [9.17, 15) is 4.79 Å². The number of hydrogen-bond donors (Lipinski definition) is 1. The van der Waals surface area contributed by atoms with Gasteiger partial charge < -0.3 is 15.0 Å². The smallest absolute Gasteiger partial charge is 0.255 e. The molecule has 0 aromatic heterocycles. The molecule has 1 aromatic rings. The third-order valence-electron chi connectivity index (χ3n) is 4.34. The molecule has 0 atom stereocenters.